The molecule has 118 valence electrons. The summed E-state index contributed by atoms with van der Waals surface area (Å²) in [6.07, 6.45) is 0. The largest absolute Gasteiger partial charge is 0.379 e. The highest BCUT2D eigenvalue weighted by Gasteiger charge is 2.13. The Kier molecular flexibility index (Phi) is 7.11. The van der Waals surface area contributed by atoms with Crippen LogP contribution in [0.5, 0.6) is 0 Å². The van der Waals surface area contributed by atoms with Crippen LogP contribution in [-0.4, -0.2) is 43.2 Å². The second-order valence-electron chi connectivity index (χ2n) is 5.32. The number of carbonyl (C=O) groups excluding carboxylic acids is 1. The number of carbonyl (C=O) groups is 1. The zero-order chi connectivity index (χ0) is 14.5. The van der Waals surface area contributed by atoms with E-state index in [1.54, 1.807) is 6.92 Å². The number of nitrogens with two attached hydrogens (primary N) is 1. The smallest absolute Gasteiger partial charge is 0.241 e. The topological polar surface area (TPSA) is 67.6 Å². The standard InChI is InChI=1S/C15H23N3O2.ClH/c1-11-3-4-13(10-18-5-7-20-8-6-18)9-14(11)17-15(19)12(2)16;/h3-4,9,12H,5-8,10,16H2,1-2H3,(H,17,19);1H. The van der Waals surface area contributed by atoms with Crippen molar-refractivity contribution < 1.29 is 9.53 Å². The molecule has 5 nitrogen and oxygen atoms in total. The van der Waals surface area contributed by atoms with E-state index in [0.29, 0.717) is 0 Å². The van der Waals surface area contributed by atoms with Gasteiger partial charge in [0, 0.05) is 25.3 Å². The number of benzene rings is 1. The average Bonchev–Trinajstić information content (AvgIpc) is 2.43. The summed E-state index contributed by atoms with van der Waals surface area (Å²) in [5.41, 5.74) is 8.67. The maximum absolute atomic E-state index is 11.7. The predicted octanol–water partition coefficient (Wildman–Crippen LogP) is 1.53. The van der Waals surface area contributed by atoms with Crippen molar-refractivity contribution in [2.45, 2.75) is 26.4 Å². The molecule has 6 heteroatoms. The highest BCUT2D eigenvalue weighted by molar-refractivity contribution is 5.95. The van der Waals surface area contributed by atoms with E-state index in [9.17, 15) is 4.79 Å². The van der Waals surface area contributed by atoms with Gasteiger partial charge in [-0.3, -0.25) is 9.69 Å². The quantitative estimate of drug-likeness (QED) is 0.884. The van der Waals surface area contributed by atoms with E-state index < -0.39 is 6.04 Å². The molecule has 1 atom stereocenters. The highest BCUT2D eigenvalue weighted by atomic mass is 35.5. The fourth-order valence-corrected chi connectivity index (χ4v) is 2.17. The number of nitrogens with one attached hydrogen (secondary N) is 1. The van der Waals surface area contributed by atoms with E-state index >= 15 is 0 Å². The van der Waals surface area contributed by atoms with Gasteiger partial charge in [-0.25, -0.2) is 0 Å². The van der Waals surface area contributed by atoms with Crippen LogP contribution in [0.1, 0.15) is 18.1 Å². The molecule has 0 spiro atoms. The molecule has 1 aliphatic rings. The third-order valence-electron chi connectivity index (χ3n) is 3.48. The zero-order valence-electron chi connectivity index (χ0n) is 12.6. The number of hydrogen-bond acceptors (Lipinski definition) is 4. The molecule has 0 bridgehead atoms. The van der Waals surface area contributed by atoms with Crippen LogP contribution < -0.4 is 11.1 Å². The first-order valence-electron chi connectivity index (χ1n) is 7.02. The molecule has 1 unspecified atom stereocenters. The number of morpholine rings is 1. The van der Waals surface area contributed by atoms with Crippen LogP contribution in [0.4, 0.5) is 5.69 Å². The molecular formula is C15H24ClN3O2. The molecule has 0 aromatic heterocycles. The van der Waals surface area contributed by atoms with E-state index in [2.05, 4.69) is 16.3 Å². The molecule has 2 rings (SSSR count). The molecular weight excluding hydrogens is 290 g/mol. The summed E-state index contributed by atoms with van der Waals surface area (Å²) >= 11 is 0. The van der Waals surface area contributed by atoms with Gasteiger partial charge < -0.3 is 15.8 Å². The number of halogens is 1. The van der Waals surface area contributed by atoms with Gasteiger partial charge in [0.25, 0.3) is 0 Å². The van der Waals surface area contributed by atoms with E-state index in [-0.39, 0.29) is 18.3 Å². The SMILES string of the molecule is Cc1ccc(CN2CCOCC2)cc1NC(=O)C(C)N.Cl. The van der Waals surface area contributed by atoms with Gasteiger partial charge in [0.1, 0.15) is 0 Å². The lowest BCUT2D eigenvalue weighted by atomic mass is 10.1. The minimum absolute atomic E-state index is 0. The van der Waals surface area contributed by atoms with Crippen LogP contribution in [0.2, 0.25) is 0 Å². The molecule has 1 heterocycles. The van der Waals surface area contributed by atoms with Gasteiger partial charge in [0.2, 0.25) is 5.91 Å². The molecule has 0 radical (unpaired) electrons. The van der Waals surface area contributed by atoms with E-state index in [1.165, 1.54) is 5.56 Å². The number of rotatable bonds is 4. The van der Waals surface area contributed by atoms with Gasteiger partial charge >= 0.3 is 0 Å². The normalized spacial score (nSPS) is 16.9. The Labute approximate surface area is 132 Å². The number of aryl methyl sites for hydroxylation is 1. The number of hydrogen-bond donors (Lipinski definition) is 2. The zero-order valence-corrected chi connectivity index (χ0v) is 13.4. The van der Waals surface area contributed by atoms with E-state index in [4.69, 9.17) is 10.5 Å². The summed E-state index contributed by atoms with van der Waals surface area (Å²) in [6, 6.07) is 5.67. The molecule has 0 saturated carbocycles. The molecule has 1 saturated heterocycles. The van der Waals surface area contributed by atoms with Crippen molar-refractivity contribution in [1.29, 1.82) is 0 Å². The van der Waals surface area contributed by atoms with Crippen LogP contribution in [0.15, 0.2) is 18.2 Å². The third-order valence-corrected chi connectivity index (χ3v) is 3.48. The van der Waals surface area contributed by atoms with Crippen molar-refractivity contribution in [3.63, 3.8) is 0 Å². The first-order chi connectivity index (χ1) is 9.56. The van der Waals surface area contributed by atoms with Crippen molar-refractivity contribution in [2.24, 2.45) is 5.73 Å². The maximum Gasteiger partial charge on any atom is 0.241 e. The van der Waals surface area contributed by atoms with Gasteiger partial charge in [-0.05, 0) is 31.0 Å². The second-order valence-corrected chi connectivity index (χ2v) is 5.32. The Bertz CT molecular complexity index is 474. The molecule has 21 heavy (non-hydrogen) atoms. The summed E-state index contributed by atoms with van der Waals surface area (Å²) in [5, 5.41) is 2.88. The summed E-state index contributed by atoms with van der Waals surface area (Å²) in [6.45, 7) is 8.04. The van der Waals surface area contributed by atoms with Crippen molar-refractivity contribution in [2.75, 3.05) is 31.6 Å². The highest BCUT2D eigenvalue weighted by Crippen LogP contribution is 2.18. The van der Waals surface area contributed by atoms with Gasteiger partial charge in [-0.2, -0.15) is 0 Å². The summed E-state index contributed by atoms with van der Waals surface area (Å²) in [5.74, 6) is -0.156. The molecule has 1 aromatic carbocycles. The summed E-state index contributed by atoms with van der Waals surface area (Å²) in [7, 11) is 0. The molecule has 1 fully saturated rings. The first kappa shape index (κ1) is 17.9. The Balaban J connectivity index is 0.00000220. The minimum atomic E-state index is -0.503. The summed E-state index contributed by atoms with van der Waals surface area (Å²) < 4.78 is 5.35. The molecule has 1 amide bonds. The van der Waals surface area contributed by atoms with E-state index in [0.717, 1.165) is 44.1 Å². The van der Waals surface area contributed by atoms with Crippen molar-refractivity contribution in [3.05, 3.63) is 29.3 Å². The third kappa shape index (κ3) is 5.28. The lowest BCUT2D eigenvalue weighted by Crippen LogP contribution is -2.35. The number of amides is 1. The number of anilines is 1. The summed E-state index contributed by atoms with van der Waals surface area (Å²) in [4.78, 5) is 14.1. The van der Waals surface area contributed by atoms with Crippen molar-refractivity contribution >= 4 is 24.0 Å². The van der Waals surface area contributed by atoms with Crippen LogP contribution in [0.25, 0.3) is 0 Å². The van der Waals surface area contributed by atoms with Gasteiger partial charge in [-0.15, -0.1) is 12.4 Å². The van der Waals surface area contributed by atoms with Crippen LogP contribution in [-0.2, 0) is 16.1 Å². The molecule has 0 aliphatic carbocycles. The monoisotopic (exact) mass is 313 g/mol. The first-order valence-corrected chi connectivity index (χ1v) is 7.02. The molecule has 1 aliphatic heterocycles. The maximum atomic E-state index is 11.7. The number of nitrogens with zero attached hydrogens (tertiary/aromatic N) is 1. The Morgan fingerprint density at radius 3 is 2.71 bits per heavy atom. The minimum Gasteiger partial charge on any atom is -0.379 e. The van der Waals surface area contributed by atoms with Gasteiger partial charge in [-0.1, -0.05) is 12.1 Å². The van der Waals surface area contributed by atoms with Crippen molar-refractivity contribution in [3.8, 4) is 0 Å². The Hall–Kier alpha value is -1.14. The molecule has 3 N–H and O–H groups in total. The van der Waals surface area contributed by atoms with E-state index in [1.807, 2.05) is 19.1 Å². The molecule has 1 aromatic rings. The van der Waals surface area contributed by atoms with Gasteiger partial charge in [0.05, 0.1) is 19.3 Å². The predicted molar refractivity (Wildman–Crippen MR) is 86.8 cm³/mol. The van der Waals surface area contributed by atoms with Crippen LogP contribution >= 0.6 is 12.4 Å². The Morgan fingerprint density at radius 2 is 2.10 bits per heavy atom. The van der Waals surface area contributed by atoms with Crippen LogP contribution in [0.3, 0.4) is 0 Å². The van der Waals surface area contributed by atoms with Crippen molar-refractivity contribution in [1.82, 2.24) is 4.90 Å². The fraction of sp³-hybridized carbons (Fsp3) is 0.533. The van der Waals surface area contributed by atoms with Gasteiger partial charge in [0.15, 0.2) is 0 Å². The van der Waals surface area contributed by atoms with Crippen LogP contribution in [0, 0.1) is 6.92 Å². The fourth-order valence-electron chi connectivity index (χ4n) is 2.17. The lowest BCUT2D eigenvalue weighted by molar-refractivity contribution is -0.117. The Morgan fingerprint density at radius 1 is 1.43 bits per heavy atom. The number of ether oxygens (including phenoxy) is 1. The second kappa shape index (κ2) is 8.34. The average molecular weight is 314 g/mol. The lowest BCUT2D eigenvalue weighted by Gasteiger charge is -2.26.